The van der Waals surface area contributed by atoms with Gasteiger partial charge < -0.3 is 39.9 Å². The Hall–Kier alpha value is -2.19. The van der Waals surface area contributed by atoms with Gasteiger partial charge in [-0.05, 0) is 51.4 Å². The van der Waals surface area contributed by atoms with Gasteiger partial charge in [-0.1, -0.05) is 223 Å². The van der Waals surface area contributed by atoms with Crippen molar-refractivity contribution in [3.05, 3.63) is 48.6 Å². The maximum Gasteiger partial charge on any atom is 0.472 e. The molecule has 0 saturated heterocycles. The molecule has 0 heterocycles. The van der Waals surface area contributed by atoms with Gasteiger partial charge >= 0.3 is 19.8 Å². The quantitative estimate of drug-likeness (QED) is 0.0145. The highest BCUT2D eigenvalue weighted by molar-refractivity contribution is 7.47. The molecular formula is C56H101O13P. The van der Waals surface area contributed by atoms with E-state index in [1.54, 1.807) is 0 Å². The highest BCUT2D eigenvalue weighted by Crippen LogP contribution is 2.47. The van der Waals surface area contributed by atoms with Crippen molar-refractivity contribution >= 4 is 19.8 Å². The highest BCUT2D eigenvalue weighted by Gasteiger charge is 2.51. The van der Waals surface area contributed by atoms with Crippen LogP contribution in [0.3, 0.4) is 0 Å². The molecule has 0 spiro atoms. The molecule has 1 saturated carbocycles. The SMILES string of the molecule is CCCCCCCCC/C=C/C/C=C/C/C=C/C/C=C/CCCC(=O)OC[C@@H](COP(=O)(O)OC1C(O)C(O)C(O)[C@H](O)C1O)OC(=O)CCCCCCCCCCCCCCCCCCCCCC. The Kier molecular flexibility index (Phi) is 42.7. The van der Waals surface area contributed by atoms with Crippen LogP contribution >= 0.6 is 7.82 Å². The van der Waals surface area contributed by atoms with E-state index >= 15 is 0 Å². The topological polar surface area (TPSA) is 210 Å². The molecule has 0 aromatic carbocycles. The number of phosphoric ester groups is 1. The molecule has 13 nitrogen and oxygen atoms in total. The van der Waals surface area contributed by atoms with E-state index in [9.17, 15) is 44.6 Å². The van der Waals surface area contributed by atoms with Crippen molar-refractivity contribution in [3.8, 4) is 0 Å². The Morgan fingerprint density at radius 2 is 0.786 bits per heavy atom. The van der Waals surface area contributed by atoms with Crippen LogP contribution in [0.25, 0.3) is 0 Å². The number of allylic oxidation sites excluding steroid dienone is 8. The Morgan fingerprint density at radius 3 is 1.21 bits per heavy atom. The van der Waals surface area contributed by atoms with Gasteiger partial charge in [0, 0.05) is 12.8 Å². The predicted octanol–water partition coefficient (Wildman–Crippen LogP) is 12.7. The first-order valence-electron chi connectivity index (χ1n) is 27.9. The number of ether oxygens (including phenoxy) is 2. The molecule has 0 amide bonds. The summed E-state index contributed by atoms with van der Waals surface area (Å²) in [5, 5.41) is 50.3. The van der Waals surface area contributed by atoms with E-state index in [1.165, 1.54) is 141 Å². The molecule has 70 heavy (non-hydrogen) atoms. The number of carbonyl (C=O) groups is 2. The summed E-state index contributed by atoms with van der Waals surface area (Å²) in [6, 6.07) is 0. The molecule has 1 aliphatic rings. The van der Waals surface area contributed by atoms with Gasteiger partial charge in [-0.3, -0.25) is 18.6 Å². The molecule has 0 aromatic rings. The summed E-state index contributed by atoms with van der Waals surface area (Å²) in [6.07, 6.45) is 43.1. The van der Waals surface area contributed by atoms with Crippen LogP contribution in [0.1, 0.15) is 239 Å². The molecule has 0 aliphatic heterocycles. The second-order valence-corrected chi connectivity index (χ2v) is 20.9. The summed E-state index contributed by atoms with van der Waals surface area (Å²) in [5.41, 5.74) is 0. The normalized spacial score (nSPS) is 21.1. The number of carbonyl (C=O) groups excluding carboxylic acids is 2. The van der Waals surface area contributed by atoms with Crippen molar-refractivity contribution in [2.45, 2.75) is 281 Å². The van der Waals surface area contributed by atoms with Gasteiger partial charge in [0.15, 0.2) is 6.10 Å². The van der Waals surface area contributed by atoms with Gasteiger partial charge in [-0.2, -0.15) is 0 Å². The average Bonchev–Trinajstić information content (AvgIpc) is 3.34. The lowest BCUT2D eigenvalue weighted by atomic mass is 9.85. The minimum absolute atomic E-state index is 0.0878. The third-order valence-corrected chi connectivity index (χ3v) is 13.9. The van der Waals surface area contributed by atoms with Crippen LogP contribution in [0.5, 0.6) is 0 Å². The number of esters is 2. The van der Waals surface area contributed by atoms with Crippen LogP contribution < -0.4 is 0 Å². The van der Waals surface area contributed by atoms with Gasteiger partial charge in [0.25, 0.3) is 0 Å². The third-order valence-electron chi connectivity index (χ3n) is 12.9. The molecule has 1 rings (SSSR count). The Labute approximate surface area is 424 Å². The summed E-state index contributed by atoms with van der Waals surface area (Å²) in [6.45, 7) is 3.30. The fraction of sp³-hybridized carbons (Fsp3) is 0.821. The second-order valence-electron chi connectivity index (χ2n) is 19.4. The standard InChI is InChI=1S/C56H101O13P/c1-3-5-7-9-11-13-15-17-19-21-23-25-27-28-30-32-34-36-38-40-42-44-49(57)66-46-48(47-67-70(64,65)69-56-54(62)52(60)51(59)53(61)55(56)63)68-50(58)45-43-41-39-37-35-33-31-29-26-24-22-20-18-16-14-12-10-8-6-4-2/h19,21,25,27,30,32,36,38,48,51-56,59-63H,3-18,20,22-24,26,28-29,31,33-35,37,39-47H2,1-2H3,(H,64,65)/b21-19+,27-25+,32-30+,38-36+/t48-,51?,52-,53?,54?,55?,56?/m0/s1. The van der Waals surface area contributed by atoms with Crippen molar-refractivity contribution in [2.24, 2.45) is 0 Å². The molecule has 0 bridgehead atoms. The molecule has 14 heteroatoms. The first-order valence-corrected chi connectivity index (χ1v) is 29.4. The largest absolute Gasteiger partial charge is 0.472 e. The van der Waals surface area contributed by atoms with Crippen molar-refractivity contribution in [2.75, 3.05) is 13.2 Å². The number of rotatable bonds is 47. The van der Waals surface area contributed by atoms with E-state index < -0.39 is 75.7 Å². The van der Waals surface area contributed by atoms with Crippen LogP contribution in [-0.2, 0) is 32.7 Å². The van der Waals surface area contributed by atoms with Gasteiger partial charge in [0.1, 0.15) is 43.2 Å². The monoisotopic (exact) mass is 1010 g/mol. The summed E-state index contributed by atoms with van der Waals surface area (Å²) < 4.78 is 33.7. The molecule has 0 aromatic heterocycles. The van der Waals surface area contributed by atoms with Gasteiger partial charge in [-0.15, -0.1) is 0 Å². The Bertz CT molecular complexity index is 1400. The van der Waals surface area contributed by atoms with E-state index in [2.05, 4.69) is 50.3 Å². The molecule has 408 valence electrons. The van der Waals surface area contributed by atoms with E-state index in [1.807, 2.05) is 12.2 Å². The number of hydrogen-bond acceptors (Lipinski definition) is 12. The number of aliphatic hydroxyl groups excluding tert-OH is 5. The molecule has 1 fully saturated rings. The molecule has 0 radical (unpaired) electrons. The fourth-order valence-electron chi connectivity index (χ4n) is 8.46. The summed E-state index contributed by atoms with van der Waals surface area (Å²) in [7, 11) is -5.14. The van der Waals surface area contributed by atoms with Crippen molar-refractivity contribution < 1.29 is 63.1 Å². The molecule has 6 N–H and O–H groups in total. The summed E-state index contributed by atoms with van der Waals surface area (Å²) >= 11 is 0. The maximum absolute atomic E-state index is 12.9. The van der Waals surface area contributed by atoms with Crippen LogP contribution in [0.4, 0.5) is 0 Å². The smallest absolute Gasteiger partial charge is 0.462 e. The number of hydrogen-bond donors (Lipinski definition) is 6. The number of aliphatic hydroxyl groups is 5. The Morgan fingerprint density at radius 1 is 0.443 bits per heavy atom. The number of unbranched alkanes of at least 4 members (excludes halogenated alkanes) is 27. The average molecular weight is 1010 g/mol. The maximum atomic E-state index is 12.9. The zero-order valence-corrected chi connectivity index (χ0v) is 44.7. The summed E-state index contributed by atoms with van der Waals surface area (Å²) in [5.74, 6) is -1.16. The van der Waals surface area contributed by atoms with E-state index in [0.717, 1.165) is 51.4 Å². The molecule has 6 unspecified atom stereocenters. The van der Waals surface area contributed by atoms with E-state index in [-0.39, 0.29) is 12.8 Å². The first kappa shape index (κ1) is 65.8. The van der Waals surface area contributed by atoms with Crippen molar-refractivity contribution in [1.29, 1.82) is 0 Å². The molecule has 8 atom stereocenters. The molecule has 1 aliphatic carbocycles. The lowest BCUT2D eigenvalue weighted by molar-refractivity contribution is -0.220. The predicted molar refractivity (Wildman–Crippen MR) is 281 cm³/mol. The van der Waals surface area contributed by atoms with Crippen LogP contribution in [0.15, 0.2) is 48.6 Å². The zero-order chi connectivity index (χ0) is 51.3. The minimum atomic E-state index is -5.14. The van der Waals surface area contributed by atoms with E-state index in [0.29, 0.717) is 19.3 Å². The van der Waals surface area contributed by atoms with Crippen LogP contribution in [0, 0.1) is 0 Å². The van der Waals surface area contributed by atoms with Gasteiger partial charge in [-0.25, -0.2) is 4.57 Å². The second kappa shape index (κ2) is 45.4. The van der Waals surface area contributed by atoms with Crippen molar-refractivity contribution in [3.63, 3.8) is 0 Å². The molecular weight excluding hydrogens is 912 g/mol. The van der Waals surface area contributed by atoms with Gasteiger partial charge in [0.2, 0.25) is 0 Å². The summed E-state index contributed by atoms with van der Waals surface area (Å²) in [4.78, 5) is 35.9. The fourth-order valence-corrected chi connectivity index (χ4v) is 9.43. The zero-order valence-electron chi connectivity index (χ0n) is 43.8. The lowest BCUT2D eigenvalue weighted by Gasteiger charge is -2.41. The number of phosphoric acid groups is 1. The Balaban J connectivity index is 2.40. The van der Waals surface area contributed by atoms with Gasteiger partial charge in [0.05, 0.1) is 6.61 Å². The minimum Gasteiger partial charge on any atom is -0.462 e. The van der Waals surface area contributed by atoms with Crippen LogP contribution in [-0.4, -0.2) is 98.3 Å². The van der Waals surface area contributed by atoms with E-state index in [4.69, 9.17) is 18.5 Å². The lowest BCUT2D eigenvalue weighted by Crippen LogP contribution is -2.64. The first-order chi connectivity index (χ1) is 33.9. The van der Waals surface area contributed by atoms with Crippen molar-refractivity contribution in [1.82, 2.24) is 0 Å². The third kappa shape index (κ3) is 36.7. The van der Waals surface area contributed by atoms with Crippen LogP contribution in [0.2, 0.25) is 0 Å². The highest BCUT2D eigenvalue weighted by atomic mass is 31.2.